The molecule has 1 heterocycles. The van der Waals surface area contributed by atoms with Crippen molar-refractivity contribution in [2.24, 2.45) is 0 Å². The lowest BCUT2D eigenvalue weighted by Gasteiger charge is -2.21. The van der Waals surface area contributed by atoms with Crippen molar-refractivity contribution in [3.05, 3.63) is 81.7 Å². The van der Waals surface area contributed by atoms with Crippen molar-refractivity contribution in [1.82, 2.24) is 4.90 Å². The monoisotopic (exact) mass is 321 g/mol. The van der Waals surface area contributed by atoms with E-state index in [9.17, 15) is 9.59 Å². The molecule has 0 N–H and O–H groups in total. The summed E-state index contributed by atoms with van der Waals surface area (Å²) >= 11 is 0. The van der Waals surface area contributed by atoms with Gasteiger partial charge in [0.2, 0.25) is 0 Å². The van der Waals surface area contributed by atoms with E-state index in [-0.39, 0.29) is 11.5 Å². The molecule has 1 aromatic heterocycles. The van der Waals surface area contributed by atoms with Crippen LogP contribution in [0.25, 0.3) is 11.0 Å². The third kappa shape index (κ3) is 3.08. The number of para-hydroxylation sites is 1. The third-order valence-corrected chi connectivity index (χ3v) is 4.16. The average Bonchev–Trinajstić information content (AvgIpc) is 2.60. The Kier molecular flexibility index (Phi) is 4.47. The van der Waals surface area contributed by atoms with Crippen LogP contribution in [0.4, 0.5) is 0 Å². The van der Waals surface area contributed by atoms with E-state index in [1.165, 1.54) is 0 Å². The highest BCUT2D eigenvalue weighted by atomic mass is 16.4. The summed E-state index contributed by atoms with van der Waals surface area (Å²) in [5.74, 6) is -0.305. The van der Waals surface area contributed by atoms with Gasteiger partial charge in [0.05, 0.1) is 0 Å². The Morgan fingerprint density at radius 2 is 1.79 bits per heavy atom. The van der Waals surface area contributed by atoms with Crippen molar-refractivity contribution in [2.45, 2.75) is 20.4 Å². The Labute approximate surface area is 140 Å². The van der Waals surface area contributed by atoms with Gasteiger partial charge in [0.15, 0.2) is 0 Å². The molecule has 2 aromatic carbocycles. The first-order valence-corrected chi connectivity index (χ1v) is 7.97. The minimum Gasteiger partial charge on any atom is -0.422 e. The minimum atomic E-state index is -0.595. The van der Waals surface area contributed by atoms with E-state index in [2.05, 4.69) is 0 Å². The zero-order valence-corrected chi connectivity index (χ0v) is 13.8. The number of hydrogen-bond acceptors (Lipinski definition) is 3. The van der Waals surface area contributed by atoms with E-state index < -0.39 is 5.63 Å². The summed E-state index contributed by atoms with van der Waals surface area (Å²) in [6.45, 7) is 4.89. The Hall–Kier alpha value is -2.88. The summed E-state index contributed by atoms with van der Waals surface area (Å²) in [5.41, 5.74) is 2.15. The van der Waals surface area contributed by atoms with Crippen LogP contribution in [0.15, 0.2) is 63.8 Å². The molecule has 0 saturated heterocycles. The number of carbonyl (C=O) groups excluding carboxylic acids is 1. The summed E-state index contributed by atoms with van der Waals surface area (Å²) in [6, 6.07) is 16.7. The lowest BCUT2D eigenvalue weighted by atomic mass is 10.1. The molecular weight excluding hydrogens is 302 g/mol. The number of fused-ring (bicyclic) bond motifs is 1. The van der Waals surface area contributed by atoms with Gasteiger partial charge in [-0.1, -0.05) is 42.5 Å². The molecule has 4 heteroatoms. The third-order valence-electron chi connectivity index (χ3n) is 4.16. The number of carbonyl (C=O) groups is 1. The van der Waals surface area contributed by atoms with Crippen molar-refractivity contribution in [2.75, 3.05) is 6.54 Å². The van der Waals surface area contributed by atoms with Crippen LogP contribution in [-0.2, 0) is 6.54 Å². The second-order valence-electron chi connectivity index (χ2n) is 5.73. The van der Waals surface area contributed by atoms with Gasteiger partial charge in [0.25, 0.3) is 5.91 Å². The maximum atomic E-state index is 12.8. The first-order chi connectivity index (χ1) is 11.6. The highest BCUT2D eigenvalue weighted by Gasteiger charge is 2.20. The summed E-state index contributed by atoms with van der Waals surface area (Å²) in [5, 5.41) is 0.743. The molecule has 24 heavy (non-hydrogen) atoms. The molecule has 0 fully saturated rings. The van der Waals surface area contributed by atoms with Crippen molar-refractivity contribution < 1.29 is 9.21 Å². The molecule has 4 nitrogen and oxygen atoms in total. The smallest absolute Gasteiger partial charge is 0.349 e. The normalized spacial score (nSPS) is 10.8. The van der Waals surface area contributed by atoms with Gasteiger partial charge in [-0.15, -0.1) is 0 Å². The van der Waals surface area contributed by atoms with E-state index in [1.54, 1.807) is 23.1 Å². The molecular formula is C20H19NO3. The Bertz CT molecular complexity index is 943. The molecule has 0 aliphatic carbocycles. The largest absolute Gasteiger partial charge is 0.422 e. The van der Waals surface area contributed by atoms with Gasteiger partial charge in [0.1, 0.15) is 11.1 Å². The van der Waals surface area contributed by atoms with E-state index in [0.29, 0.717) is 18.7 Å². The van der Waals surface area contributed by atoms with E-state index >= 15 is 0 Å². The fourth-order valence-electron chi connectivity index (χ4n) is 2.70. The summed E-state index contributed by atoms with van der Waals surface area (Å²) < 4.78 is 5.28. The van der Waals surface area contributed by atoms with Gasteiger partial charge in [0, 0.05) is 18.5 Å². The molecule has 122 valence electrons. The molecule has 0 unspecified atom stereocenters. The fraction of sp³-hybridized carbons (Fsp3) is 0.200. The molecule has 3 aromatic rings. The van der Waals surface area contributed by atoms with Gasteiger partial charge < -0.3 is 9.32 Å². The summed E-state index contributed by atoms with van der Waals surface area (Å²) in [7, 11) is 0. The molecule has 0 atom stereocenters. The number of nitrogens with zero attached hydrogens (tertiary/aromatic N) is 1. The number of hydrogen-bond donors (Lipinski definition) is 0. The molecule has 0 saturated carbocycles. The van der Waals surface area contributed by atoms with E-state index in [4.69, 9.17) is 4.42 Å². The highest BCUT2D eigenvalue weighted by Crippen LogP contribution is 2.16. The number of amides is 1. The molecule has 0 aliphatic heterocycles. The lowest BCUT2D eigenvalue weighted by Crippen LogP contribution is -2.33. The van der Waals surface area contributed by atoms with Crippen LogP contribution in [0.1, 0.15) is 28.4 Å². The number of rotatable bonds is 4. The first-order valence-electron chi connectivity index (χ1n) is 7.97. The Balaban J connectivity index is 1.96. The Morgan fingerprint density at radius 1 is 1.08 bits per heavy atom. The van der Waals surface area contributed by atoms with Crippen molar-refractivity contribution in [1.29, 1.82) is 0 Å². The molecule has 0 spiro atoms. The quantitative estimate of drug-likeness (QED) is 0.687. The highest BCUT2D eigenvalue weighted by molar-refractivity contribution is 5.96. The van der Waals surface area contributed by atoms with Crippen LogP contribution in [0.2, 0.25) is 0 Å². The van der Waals surface area contributed by atoms with Crippen molar-refractivity contribution in [3.8, 4) is 0 Å². The predicted molar refractivity (Wildman–Crippen MR) is 94.1 cm³/mol. The van der Waals surface area contributed by atoms with Crippen molar-refractivity contribution >= 4 is 16.9 Å². The molecule has 0 radical (unpaired) electrons. The molecule has 1 amide bonds. The van der Waals surface area contributed by atoms with Gasteiger partial charge in [-0.05, 0) is 37.1 Å². The van der Waals surface area contributed by atoms with Gasteiger partial charge in [-0.3, -0.25) is 4.79 Å². The van der Waals surface area contributed by atoms with E-state index in [0.717, 1.165) is 16.5 Å². The van der Waals surface area contributed by atoms with Crippen LogP contribution in [0.5, 0.6) is 0 Å². The van der Waals surface area contributed by atoms with Gasteiger partial charge >= 0.3 is 5.63 Å². The maximum Gasteiger partial charge on any atom is 0.349 e. The molecule has 3 rings (SSSR count). The summed E-state index contributed by atoms with van der Waals surface area (Å²) in [4.78, 5) is 26.7. The minimum absolute atomic E-state index is 0.0733. The second-order valence-corrected chi connectivity index (χ2v) is 5.73. The SMILES string of the molecule is CCN(Cc1ccccc1C)C(=O)c1cc2ccccc2oc1=O. The Morgan fingerprint density at radius 3 is 2.54 bits per heavy atom. The second kappa shape index (κ2) is 6.71. The number of aryl methyl sites for hydroxylation is 1. The maximum absolute atomic E-state index is 12.8. The van der Waals surface area contributed by atoms with Gasteiger partial charge in [-0.2, -0.15) is 0 Å². The van der Waals surface area contributed by atoms with E-state index in [1.807, 2.05) is 50.2 Å². The van der Waals surface area contributed by atoms with Crippen LogP contribution in [0, 0.1) is 6.92 Å². The first kappa shape index (κ1) is 16.0. The predicted octanol–water partition coefficient (Wildman–Crippen LogP) is 3.76. The lowest BCUT2D eigenvalue weighted by molar-refractivity contribution is 0.0748. The standard InChI is InChI=1S/C20H19NO3/c1-3-21(13-16-10-5-4-8-14(16)2)19(22)17-12-15-9-6-7-11-18(15)24-20(17)23/h4-12H,3,13H2,1-2H3. The van der Waals surface area contributed by atoms with Crippen LogP contribution in [0.3, 0.4) is 0 Å². The fourth-order valence-corrected chi connectivity index (χ4v) is 2.70. The number of benzene rings is 2. The van der Waals surface area contributed by atoms with Crippen LogP contribution >= 0.6 is 0 Å². The van der Waals surface area contributed by atoms with Gasteiger partial charge in [-0.25, -0.2) is 4.79 Å². The molecule has 0 aliphatic rings. The summed E-state index contributed by atoms with van der Waals surface area (Å²) in [6.07, 6.45) is 0. The van der Waals surface area contributed by atoms with Crippen LogP contribution < -0.4 is 5.63 Å². The zero-order valence-electron chi connectivity index (χ0n) is 13.8. The van der Waals surface area contributed by atoms with Crippen molar-refractivity contribution in [3.63, 3.8) is 0 Å². The zero-order chi connectivity index (χ0) is 17.1. The average molecular weight is 321 g/mol. The molecule has 0 bridgehead atoms. The topological polar surface area (TPSA) is 50.5 Å². The van der Waals surface area contributed by atoms with Crippen LogP contribution in [-0.4, -0.2) is 17.4 Å².